The topological polar surface area (TPSA) is 76.8 Å². The smallest absolute Gasteiger partial charge is 0.273 e. The third kappa shape index (κ3) is 5.67. The fraction of sp³-hybridized carbons (Fsp3) is 0.185. The summed E-state index contributed by atoms with van der Waals surface area (Å²) in [5, 5.41) is 2.84. The number of aromatic nitrogens is 1. The molecule has 1 N–H and O–H groups in total. The fourth-order valence-corrected chi connectivity index (χ4v) is 3.88. The molecule has 0 fully saturated rings. The average molecular weight is 474 g/mol. The molecule has 0 saturated heterocycles. The molecule has 35 heavy (non-hydrogen) atoms. The normalized spacial score (nSPS) is 12.2. The lowest BCUT2D eigenvalue weighted by Crippen LogP contribution is -2.24. The standard InChI is InChI=1S/C27H24FN3O4/c28-22-9-5-4-8-21(22)15-31(14-20-10-11-24-25(12-20)35-18-34-24)16-26-30-23(17-33-26)27(32)29-13-19-6-2-1-3-7-19/h1-12,17H,13-16,18H2,(H,29,32). The number of carbonyl (C=O) groups excluding carboxylic acids is 1. The van der Waals surface area contributed by atoms with Crippen LogP contribution in [0.1, 0.15) is 33.1 Å². The van der Waals surface area contributed by atoms with Crippen molar-refractivity contribution in [3.8, 4) is 11.5 Å². The number of nitrogens with one attached hydrogen (secondary N) is 1. The summed E-state index contributed by atoms with van der Waals surface area (Å²) in [6, 6.07) is 22.0. The van der Waals surface area contributed by atoms with Gasteiger partial charge in [0.05, 0.1) is 6.54 Å². The highest BCUT2D eigenvalue weighted by atomic mass is 19.1. The molecule has 5 rings (SSSR count). The Labute approximate surface area is 202 Å². The molecule has 0 spiro atoms. The van der Waals surface area contributed by atoms with Crippen molar-refractivity contribution < 1.29 is 23.1 Å². The summed E-state index contributed by atoms with van der Waals surface area (Å²) in [6.45, 7) is 1.70. The lowest BCUT2D eigenvalue weighted by atomic mass is 10.1. The molecule has 178 valence electrons. The number of hydrogen-bond donors (Lipinski definition) is 1. The van der Waals surface area contributed by atoms with Gasteiger partial charge in [0, 0.05) is 25.2 Å². The number of oxazole rings is 1. The van der Waals surface area contributed by atoms with Crippen molar-refractivity contribution in [2.45, 2.75) is 26.2 Å². The summed E-state index contributed by atoms with van der Waals surface area (Å²) in [6.07, 6.45) is 1.34. The molecule has 1 aliphatic rings. The number of rotatable bonds is 9. The van der Waals surface area contributed by atoms with Crippen LogP contribution in [0.15, 0.2) is 83.5 Å². The molecule has 3 aromatic carbocycles. The van der Waals surface area contributed by atoms with Crippen molar-refractivity contribution in [2.24, 2.45) is 0 Å². The molecule has 7 nitrogen and oxygen atoms in total. The Balaban J connectivity index is 1.29. The van der Waals surface area contributed by atoms with E-state index in [1.54, 1.807) is 18.2 Å². The van der Waals surface area contributed by atoms with Gasteiger partial charge in [0.15, 0.2) is 17.2 Å². The molecule has 0 aliphatic carbocycles. The summed E-state index contributed by atoms with van der Waals surface area (Å²) < 4.78 is 30.9. The van der Waals surface area contributed by atoms with Crippen molar-refractivity contribution in [2.75, 3.05) is 6.79 Å². The van der Waals surface area contributed by atoms with Crippen LogP contribution in [0.4, 0.5) is 4.39 Å². The largest absolute Gasteiger partial charge is 0.454 e. The van der Waals surface area contributed by atoms with Gasteiger partial charge in [0.1, 0.15) is 12.1 Å². The van der Waals surface area contributed by atoms with Crippen LogP contribution >= 0.6 is 0 Å². The number of nitrogens with zero attached hydrogens (tertiary/aromatic N) is 2. The summed E-state index contributed by atoms with van der Waals surface area (Å²) >= 11 is 0. The molecule has 8 heteroatoms. The summed E-state index contributed by atoms with van der Waals surface area (Å²) in [5.41, 5.74) is 2.72. The van der Waals surface area contributed by atoms with Gasteiger partial charge in [-0.15, -0.1) is 0 Å². The Morgan fingerprint density at radius 3 is 2.57 bits per heavy atom. The first-order chi connectivity index (χ1) is 17.1. The first-order valence-corrected chi connectivity index (χ1v) is 11.2. The van der Waals surface area contributed by atoms with E-state index in [0.29, 0.717) is 42.6 Å². The van der Waals surface area contributed by atoms with Gasteiger partial charge in [-0.1, -0.05) is 54.6 Å². The molecule has 4 aromatic rings. The molecule has 2 heterocycles. The third-order valence-electron chi connectivity index (χ3n) is 5.63. The van der Waals surface area contributed by atoms with Gasteiger partial charge in [-0.25, -0.2) is 9.37 Å². The van der Waals surface area contributed by atoms with E-state index in [4.69, 9.17) is 13.9 Å². The monoisotopic (exact) mass is 473 g/mol. The maximum Gasteiger partial charge on any atom is 0.273 e. The number of fused-ring (bicyclic) bond motifs is 1. The van der Waals surface area contributed by atoms with E-state index in [-0.39, 0.29) is 30.8 Å². The minimum Gasteiger partial charge on any atom is -0.454 e. The van der Waals surface area contributed by atoms with Crippen LogP contribution < -0.4 is 14.8 Å². The molecular weight excluding hydrogens is 449 g/mol. The maximum absolute atomic E-state index is 14.4. The predicted octanol–water partition coefficient (Wildman–Crippen LogP) is 4.67. The van der Waals surface area contributed by atoms with E-state index in [1.807, 2.05) is 53.4 Å². The molecule has 0 atom stereocenters. The number of hydrogen-bond acceptors (Lipinski definition) is 6. The Morgan fingerprint density at radius 1 is 0.914 bits per heavy atom. The average Bonchev–Trinajstić information content (AvgIpc) is 3.54. The van der Waals surface area contributed by atoms with E-state index in [9.17, 15) is 9.18 Å². The summed E-state index contributed by atoms with van der Waals surface area (Å²) in [5.74, 6) is 1.15. The Bertz CT molecular complexity index is 1310. The fourth-order valence-electron chi connectivity index (χ4n) is 3.88. The quantitative estimate of drug-likeness (QED) is 0.381. The minimum atomic E-state index is -0.319. The van der Waals surface area contributed by atoms with Gasteiger partial charge in [-0.2, -0.15) is 0 Å². The highest BCUT2D eigenvalue weighted by Gasteiger charge is 2.19. The zero-order valence-electron chi connectivity index (χ0n) is 18.9. The van der Waals surface area contributed by atoms with Gasteiger partial charge >= 0.3 is 0 Å². The second-order valence-electron chi connectivity index (χ2n) is 8.22. The molecule has 0 unspecified atom stereocenters. The van der Waals surface area contributed by atoms with E-state index in [1.165, 1.54) is 12.3 Å². The Kier molecular flexibility index (Phi) is 6.72. The molecule has 1 amide bonds. The number of benzene rings is 3. The summed E-state index contributed by atoms with van der Waals surface area (Å²) in [7, 11) is 0. The van der Waals surface area contributed by atoms with Crippen LogP contribution in [0.3, 0.4) is 0 Å². The van der Waals surface area contributed by atoms with Crippen LogP contribution in [-0.4, -0.2) is 22.6 Å². The number of amides is 1. The van der Waals surface area contributed by atoms with Gasteiger partial charge in [0.2, 0.25) is 12.7 Å². The van der Waals surface area contributed by atoms with Crippen molar-refractivity contribution in [1.29, 1.82) is 0 Å². The first kappa shape index (κ1) is 22.6. The van der Waals surface area contributed by atoms with E-state index >= 15 is 0 Å². The van der Waals surface area contributed by atoms with Crippen molar-refractivity contribution in [3.63, 3.8) is 0 Å². The number of ether oxygens (including phenoxy) is 2. The van der Waals surface area contributed by atoms with E-state index < -0.39 is 0 Å². The zero-order chi connectivity index (χ0) is 24.0. The Morgan fingerprint density at radius 2 is 1.71 bits per heavy atom. The minimum absolute atomic E-state index is 0.198. The van der Waals surface area contributed by atoms with Crippen LogP contribution in [0.2, 0.25) is 0 Å². The Hall–Kier alpha value is -4.17. The highest BCUT2D eigenvalue weighted by Crippen LogP contribution is 2.33. The van der Waals surface area contributed by atoms with Crippen LogP contribution in [0, 0.1) is 5.82 Å². The predicted molar refractivity (Wildman–Crippen MR) is 126 cm³/mol. The summed E-state index contributed by atoms with van der Waals surface area (Å²) in [4.78, 5) is 18.9. The second kappa shape index (κ2) is 10.4. The lowest BCUT2D eigenvalue weighted by molar-refractivity contribution is 0.0945. The van der Waals surface area contributed by atoms with Crippen LogP contribution in [0.5, 0.6) is 11.5 Å². The van der Waals surface area contributed by atoms with Crippen molar-refractivity contribution >= 4 is 5.91 Å². The SMILES string of the molecule is O=C(NCc1ccccc1)c1coc(CN(Cc2ccc3c(c2)OCO3)Cc2ccccc2F)n1. The first-order valence-electron chi connectivity index (χ1n) is 11.2. The third-order valence-corrected chi connectivity index (χ3v) is 5.63. The van der Waals surface area contributed by atoms with E-state index in [0.717, 1.165) is 11.1 Å². The van der Waals surface area contributed by atoms with Gasteiger partial charge in [-0.05, 0) is 29.3 Å². The van der Waals surface area contributed by atoms with Crippen LogP contribution in [-0.2, 0) is 26.2 Å². The molecule has 1 aromatic heterocycles. The van der Waals surface area contributed by atoms with Crippen molar-refractivity contribution in [3.05, 3.63) is 113 Å². The van der Waals surface area contributed by atoms with Crippen LogP contribution in [0.25, 0.3) is 0 Å². The van der Waals surface area contributed by atoms with Gasteiger partial charge in [-0.3, -0.25) is 9.69 Å². The van der Waals surface area contributed by atoms with Gasteiger partial charge < -0.3 is 19.2 Å². The number of halogens is 1. The van der Waals surface area contributed by atoms with Crippen molar-refractivity contribution in [1.82, 2.24) is 15.2 Å². The lowest BCUT2D eigenvalue weighted by Gasteiger charge is -2.21. The molecule has 1 aliphatic heterocycles. The highest BCUT2D eigenvalue weighted by molar-refractivity contribution is 5.91. The maximum atomic E-state index is 14.4. The molecular formula is C27H24FN3O4. The van der Waals surface area contributed by atoms with Gasteiger partial charge in [0.25, 0.3) is 5.91 Å². The zero-order valence-corrected chi connectivity index (χ0v) is 18.9. The molecule has 0 bridgehead atoms. The second-order valence-corrected chi connectivity index (χ2v) is 8.22. The number of carbonyl (C=O) groups is 1. The molecule has 0 saturated carbocycles. The molecule has 0 radical (unpaired) electrons. The van der Waals surface area contributed by atoms with E-state index in [2.05, 4.69) is 10.3 Å².